The first kappa shape index (κ1) is 28.3. The van der Waals surface area contributed by atoms with E-state index in [9.17, 15) is 8.42 Å². The van der Waals surface area contributed by atoms with Crippen LogP contribution in [0.25, 0.3) is 6.08 Å². The summed E-state index contributed by atoms with van der Waals surface area (Å²) in [5.41, 5.74) is 0.808. The molecule has 5 heteroatoms. The van der Waals surface area contributed by atoms with Gasteiger partial charge in [-0.25, -0.2) is 0 Å². The van der Waals surface area contributed by atoms with Gasteiger partial charge < -0.3 is 0 Å². The van der Waals surface area contributed by atoms with Crippen LogP contribution in [0.3, 0.4) is 0 Å². The Balaban J connectivity index is 0.000000571. The molecular formula is C24H45O3PS. The van der Waals surface area contributed by atoms with E-state index in [0.717, 1.165) is 5.56 Å². The molecule has 1 rings (SSSR count). The second-order valence-corrected chi connectivity index (χ2v) is 14.6. The molecule has 29 heavy (non-hydrogen) atoms. The van der Waals surface area contributed by atoms with E-state index in [-0.39, 0.29) is 4.90 Å². The molecule has 0 aliphatic carbocycles. The van der Waals surface area contributed by atoms with Gasteiger partial charge >= 0.3 is 111 Å². The van der Waals surface area contributed by atoms with Crippen molar-refractivity contribution in [1.29, 1.82) is 0 Å². The topological polar surface area (TPSA) is 54.4 Å². The van der Waals surface area contributed by atoms with Crippen molar-refractivity contribution in [1.82, 2.24) is 0 Å². The van der Waals surface area contributed by atoms with Crippen LogP contribution in [0.5, 0.6) is 0 Å². The first-order chi connectivity index (χ1) is 13.8. The van der Waals surface area contributed by atoms with Crippen LogP contribution in [0.2, 0.25) is 0 Å². The molecule has 0 heterocycles. The molecule has 1 aromatic carbocycles. The van der Waals surface area contributed by atoms with Gasteiger partial charge in [0, 0.05) is 0 Å². The second-order valence-electron chi connectivity index (χ2n) is 8.16. The fraction of sp³-hybridized carbons (Fsp3) is 0.667. The van der Waals surface area contributed by atoms with Crippen LogP contribution in [-0.2, 0) is 10.1 Å². The van der Waals surface area contributed by atoms with Gasteiger partial charge in [0.1, 0.15) is 0 Å². The van der Waals surface area contributed by atoms with Crippen molar-refractivity contribution in [3.05, 3.63) is 36.4 Å². The third-order valence-electron chi connectivity index (χ3n) is 5.66. The Hall–Kier alpha value is -0.700. The summed E-state index contributed by atoms with van der Waals surface area (Å²) in [6.45, 7) is 12.9. The predicted octanol–water partition coefficient (Wildman–Crippen LogP) is 7.51. The standard InChI is InChI=1S/C16H37P.C8H8O3S/c1-5-9-13-17(14-10-6-2,15-11-7-3)16-12-8-4;1-2-7-3-5-8(6-4-7)12(9,10)11/h17H,5-16H2,1-4H3;2-6H,1H2,(H,9,10,11). The van der Waals surface area contributed by atoms with Crippen LogP contribution in [0.1, 0.15) is 84.6 Å². The molecule has 170 valence electrons. The minimum absolute atomic E-state index is 0.104. The molecule has 0 bridgehead atoms. The van der Waals surface area contributed by atoms with Gasteiger partial charge in [0.2, 0.25) is 0 Å². The molecule has 0 atom stereocenters. The third kappa shape index (κ3) is 12.6. The zero-order valence-electron chi connectivity index (χ0n) is 19.3. The Kier molecular flexibility index (Phi) is 15.7. The van der Waals surface area contributed by atoms with E-state index in [1.165, 1.54) is 63.5 Å². The maximum atomic E-state index is 10.6. The molecule has 0 aromatic heterocycles. The zero-order valence-corrected chi connectivity index (χ0v) is 21.1. The molecule has 0 saturated heterocycles. The summed E-state index contributed by atoms with van der Waals surface area (Å²) < 4.78 is 29.7. The summed E-state index contributed by atoms with van der Waals surface area (Å²) in [4.78, 5) is -0.104. The summed E-state index contributed by atoms with van der Waals surface area (Å²) in [6, 6.07) is 5.78. The van der Waals surface area contributed by atoms with Crippen LogP contribution < -0.4 is 0 Å². The van der Waals surface area contributed by atoms with Crippen molar-refractivity contribution in [2.45, 2.75) is 84.0 Å². The van der Waals surface area contributed by atoms with Gasteiger partial charge in [0.25, 0.3) is 10.1 Å². The number of hydrogen-bond donors (Lipinski definition) is 1. The van der Waals surface area contributed by atoms with Gasteiger partial charge in [-0.1, -0.05) is 24.8 Å². The maximum absolute atomic E-state index is 10.6. The second kappa shape index (κ2) is 16.1. The van der Waals surface area contributed by atoms with Crippen molar-refractivity contribution in [2.24, 2.45) is 0 Å². The Labute approximate surface area is 181 Å². The summed E-state index contributed by atoms with van der Waals surface area (Å²) in [5, 5.41) is 0. The molecule has 0 aliphatic heterocycles. The van der Waals surface area contributed by atoms with Crippen molar-refractivity contribution in [3.8, 4) is 0 Å². The molecule has 1 aromatic rings. The number of rotatable bonds is 14. The molecule has 0 aliphatic rings. The number of unbranched alkanes of at least 4 members (excludes halogenated alkanes) is 4. The SMILES string of the molecule is C=Cc1ccc(S(=O)(=O)O)cc1.CCCC[PH](CCCC)(CCCC)CCCC. The van der Waals surface area contributed by atoms with E-state index < -0.39 is 17.4 Å². The van der Waals surface area contributed by atoms with Gasteiger partial charge in [-0.15, -0.1) is 0 Å². The first-order valence-corrected chi connectivity index (χ1v) is 15.7. The van der Waals surface area contributed by atoms with Crippen molar-refractivity contribution in [2.75, 3.05) is 24.6 Å². The van der Waals surface area contributed by atoms with Gasteiger partial charge in [-0.2, -0.15) is 8.42 Å². The predicted molar refractivity (Wildman–Crippen MR) is 134 cm³/mol. The van der Waals surface area contributed by atoms with Crippen LogP contribution in [0.15, 0.2) is 35.7 Å². The summed E-state index contributed by atoms with van der Waals surface area (Å²) >= 11 is 0. The number of benzene rings is 1. The molecule has 0 spiro atoms. The molecule has 0 radical (unpaired) electrons. The monoisotopic (exact) mass is 444 g/mol. The fourth-order valence-corrected chi connectivity index (χ4v) is 10.1. The van der Waals surface area contributed by atoms with E-state index in [1.807, 2.05) is 0 Å². The number of hydrogen-bond acceptors (Lipinski definition) is 2. The van der Waals surface area contributed by atoms with Crippen LogP contribution >= 0.6 is 7.26 Å². The molecule has 0 amide bonds. The molecule has 0 unspecified atom stereocenters. The average Bonchev–Trinajstić information content (AvgIpc) is 2.72. The Morgan fingerprint density at radius 2 is 1.14 bits per heavy atom. The third-order valence-corrected chi connectivity index (χ3v) is 12.2. The average molecular weight is 445 g/mol. The normalized spacial score (nSPS) is 12.2. The fourth-order valence-electron chi connectivity index (χ4n) is 3.73. The molecular weight excluding hydrogens is 399 g/mol. The van der Waals surface area contributed by atoms with Crippen molar-refractivity contribution >= 4 is 23.5 Å². The van der Waals surface area contributed by atoms with E-state index >= 15 is 0 Å². The van der Waals surface area contributed by atoms with E-state index in [0.29, 0.717) is 0 Å². The van der Waals surface area contributed by atoms with E-state index in [1.54, 1.807) is 42.9 Å². The van der Waals surface area contributed by atoms with Crippen molar-refractivity contribution in [3.63, 3.8) is 0 Å². The van der Waals surface area contributed by atoms with E-state index in [2.05, 4.69) is 34.3 Å². The van der Waals surface area contributed by atoms with Crippen LogP contribution in [-0.4, -0.2) is 37.6 Å². The zero-order chi connectivity index (χ0) is 22.2. The Bertz CT molecular complexity index is 601. The molecule has 1 N–H and O–H groups in total. The van der Waals surface area contributed by atoms with Crippen molar-refractivity contribution < 1.29 is 13.0 Å². The van der Waals surface area contributed by atoms with Gasteiger partial charge in [0.05, 0.1) is 4.90 Å². The van der Waals surface area contributed by atoms with Gasteiger partial charge in [-0.3, -0.25) is 4.55 Å². The summed E-state index contributed by atoms with van der Waals surface area (Å²) in [6.07, 6.45) is 19.7. The summed E-state index contributed by atoms with van der Waals surface area (Å²) in [7, 11) is -4.94. The first-order valence-electron chi connectivity index (χ1n) is 11.5. The minimum atomic E-state index is -4.06. The Morgan fingerprint density at radius 3 is 1.38 bits per heavy atom. The van der Waals surface area contributed by atoms with E-state index in [4.69, 9.17) is 4.55 Å². The quantitative estimate of drug-likeness (QED) is 0.238. The van der Waals surface area contributed by atoms with Gasteiger partial charge in [0.15, 0.2) is 0 Å². The molecule has 3 nitrogen and oxygen atoms in total. The van der Waals surface area contributed by atoms with Crippen LogP contribution in [0, 0.1) is 0 Å². The van der Waals surface area contributed by atoms with Gasteiger partial charge in [-0.05, 0) is 17.7 Å². The Morgan fingerprint density at radius 1 is 0.793 bits per heavy atom. The summed E-state index contributed by atoms with van der Waals surface area (Å²) in [5.74, 6) is 0. The molecule has 0 saturated carbocycles. The van der Waals surface area contributed by atoms with Crippen LogP contribution in [0.4, 0.5) is 0 Å². The molecule has 0 fully saturated rings.